The molecule has 0 amide bonds. The van der Waals surface area contributed by atoms with Crippen LogP contribution in [0.25, 0.3) is 0 Å². The first-order chi connectivity index (χ1) is 26.2. The van der Waals surface area contributed by atoms with Crippen molar-refractivity contribution in [2.45, 2.75) is 76.3 Å². The summed E-state index contributed by atoms with van der Waals surface area (Å²) >= 11 is 12.6. The number of halogens is 2. The summed E-state index contributed by atoms with van der Waals surface area (Å²) in [5.74, 6) is 1.38. The Hall–Kier alpha value is -2.07. The second-order valence-corrected chi connectivity index (χ2v) is 16.6. The van der Waals surface area contributed by atoms with Gasteiger partial charge >= 0.3 is 0 Å². The number of piperidine rings is 2. The van der Waals surface area contributed by atoms with Gasteiger partial charge in [0, 0.05) is 49.6 Å². The number of benzene rings is 2. The molecule has 2 aromatic carbocycles. The van der Waals surface area contributed by atoms with Gasteiger partial charge < -0.3 is 19.3 Å². The van der Waals surface area contributed by atoms with E-state index in [-0.39, 0.29) is 12.1 Å². The highest BCUT2D eigenvalue weighted by Crippen LogP contribution is 2.27. The lowest BCUT2D eigenvalue weighted by Crippen LogP contribution is -2.56. The molecule has 0 saturated carbocycles. The molecule has 0 spiro atoms. The first-order valence-electron chi connectivity index (χ1n) is 20.5. The fourth-order valence-electron chi connectivity index (χ4n) is 7.89. The van der Waals surface area contributed by atoms with E-state index < -0.39 is 0 Å². The number of Topliss-reactive ketones (excluding diaryl/α,β-unsaturated/α-hetero) is 1. The van der Waals surface area contributed by atoms with Crippen LogP contribution in [-0.2, 0) is 27.1 Å². The van der Waals surface area contributed by atoms with Gasteiger partial charge in [0.25, 0.3) is 0 Å². The molecule has 0 radical (unpaired) electrons. The number of ether oxygens (including phenoxy) is 2. The molecule has 54 heavy (non-hydrogen) atoms. The van der Waals surface area contributed by atoms with Crippen LogP contribution in [0.5, 0.6) is 0 Å². The minimum absolute atomic E-state index is 0.204. The Morgan fingerprint density at radius 1 is 0.685 bits per heavy atom. The highest BCUT2D eigenvalue weighted by molar-refractivity contribution is 6.30. The monoisotopic (exact) mass is 782 g/mol. The molecule has 9 heteroatoms. The van der Waals surface area contributed by atoms with Crippen LogP contribution in [0.15, 0.2) is 73.8 Å². The predicted molar refractivity (Wildman–Crippen MR) is 227 cm³/mol. The molecule has 2 unspecified atom stereocenters. The zero-order chi connectivity index (χ0) is 38.5. The van der Waals surface area contributed by atoms with Gasteiger partial charge in [-0.2, -0.15) is 0 Å². The van der Waals surface area contributed by atoms with E-state index in [9.17, 15) is 0 Å². The van der Waals surface area contributed by atoms with Crippen LogP contribution in [0.4, 0.5) is 0 Å². The van der Waals surface area contributed by atoms with E-state index >= 15 is 4.79 Å². The number of nitrogens with zero attached hydrogens (tertiary/aromatic N) is 4. The topological polar surface area (TPSA) is 48.5 Å². The fraction of sp³-hybridized carbons (Fsp3) is 0.622. The summed E-state index contributed by atoms with van der Waals surface area (Å²) in [6.45, 7) is 18.5. The summed E-state index contributed by atoms with van der Waals surface area (Å²) in [7, 11) is 4.27. The lowest BCUT2D eigenvalue weighted by Gasteiger charge is -2.42. The maximum Gasteiger partial charge on any atom is 0.167 e. The van der Waals surface area contributed by atoms with E-state index in [1.165, 1.54) is 0 Å². The van der Waals surface area contributed by atoms with E-state index in [4.69, 9.17) is 32.7 Å². The van der Waals surface area contributed by atoms with Crippen molar-refractivity contribution >= 4 is 29.0 Å². The molecule has 0 bridgehead atoms. The zero-order valence-corrected chi connectivity index (χ0v) is 34.8. The number of likely N-dealkylation sites (tertiary alicyclic amines) is 2. The van der Waals surface area contributed by atoms with Gasteiger partial charge in [-0.25, -0.2) is 0 Å². The fourth-order valence-corrected chi connectivity index (χ4v) is 8.14. The Morgan fingerprint density at radius 2 is 1.06 bits per heavy atom. The minimum Gasteiger partial charge on any atom is -0.381 e. The Morgan fingerprint density at radius 3 is 1.41 bits per heavy atom. The van der Waals surface area contributed by atoms with Crippen molar-refractivity contribution in [2.24, 2.45) is 11.8 Å². The largest absolute Gasteiger partial charge is 0.381 e. The Labute approximate surface area is 337 Å². The number of carbonyl (C=O) groups excluding carboxylic acids is 1. The van der Waals surface area contributed by atoms with Crippen molar-refractivity contribution in [1.29, 1.82) is 0 Å². The molecular weight excluding hydrogens is 715 g/mol. The molecule has 2 heterocycles. The van der Waals surface area contributed by atoms with Crippen LogP contribution in [-0.4, -0.2) is 130 Å². The molecule has 7 nitrogen and oxygen atoms in total. The van der Waals surface area contributed by atoms with E-state index in [1.807, 2.05) is 36.4 Å². The summed E-state index contributed by atoms with van der Waals surface area (Å²) in [5, 5.41) is 1.43. The van der Waals surface area contributed by atoms with Crippen molar-refractivity contribution in [3.8, 4) is 0 Å². The Balaban J connectivity index is 1.36. The van der Waals surface area contributed by atoms with Crippen molar-refractivity contribution in [2.75, 3.05) is 92.9 Å². The standard InChI is InChI=1S/C45H68Cl2N4O3/c1-5-23-48(3)25-7-9-31-53-35-39-19-27-50(28-20-39)43(33-37-11-15-41(46)16-12-37)45(52)44(34-38-13-17-42(47)18-14-38)51-29-21-40(22-30-51)36-54-32-10-8-26-49(4)24-6-2/h5-6,11-18,39-40,43-44H,1-2,7-10,19-36H2,3-4H3. The van der Waals surface area contributed by atoms with Crippen LogP contribution in [0.1, 0.15) is 62.5 Å². The normalized spacial score (nSPS) is 17.6. The zero-order valence-electron chi connectivity index (χ0n) is 33.3. The van der Waals surface area contributed by atoms with E-state index in [0.717, 1.165) is 151 Å². The second-order valence-electron chi connectivity index (χ2n) is 15.7. The Bertz CT molecular complexity index is 1240. The third-order valence-electron chi connectivity index (χ3n) is 11.3. The van der Waals surface area contributed by atoms with Crippen molar-refractivity contribution in [1.82, 2.24) is 19.6 Å². The highest BCUT2D eigenvalue weighted by Gasteiger charge is 2.38. The minimum atomic E-state index is -0.204. The van der Waals surface area contributed by atoms with Gasteiger partial charge in [0.15, 0.2) is 5.78 Å². The van der Waals surface area contributed by atoms with Gasteiger partial charge in [0.1, 0.15) is 0 Å². The molecule has 2 fully saturated rings. The smallest absolute Gasteiger partial charge is 0.167 e. The molecular formula is C45H68Cl2N4O3. The van der Waals surface area contributed by atoms with Gasteiger partial charge in [-0.1, -0.05) is 59.6 Å². The van der Waals surface area contributed by atoms with Crippen molar-refractivity contribution < 1.29 is 14.3 Å². The maximum absolute atomic E-state index is 15.1. The molecule has 2 aliphatic rings. The molecule has 2 aromatic rings. The van der Waals surface area contributed by atoms with Crippen LogP contribution in [0.3, 0.4) is 0 Å². The van der Waals surface area contributed by atoms with Crippen LogP contribution < -0.4 is 0 Å². The average molecular weight is 784 g/mol. The first kappa shape index (κ1) is 44.6. The molecule has 0 aromatic heterocycles. The SMILES string of the molecule is C=CCN(C)CCCCOCC1CCN(C(Cc2ccc(Cl)cc2)C(=O)C(Cc2ccc(Cl)cc2)N2CCC(COCCCCN(C)CC=C)CC2)CC1. The quantitative estimate of drug-likeness (QED) is 0.0703. The molecule has 0 N–H and O–H groups in total. The van der Waals surface area contributed by atoms with E-state index in [2.05, 4.69) is 71.1 Å². The molecule has 2 aliphatic heterocycles. The van der Waals surface area contributed by atoms with Crippen molar-refractivity contribution in [3.63, 3.8) is 0 Å². The number of rotatable bonds is 26. The van der Waals surface area contributed by atoms with Crippen LogP contribution in [0.2, 0.25) is 10.0 Å². The first-order valence-corrected chi connectivity index (χ1v) is 21.3. The third kappa shape index (κ3) is 16.2. The number of ketones is 1. The van der Waals surface area contributed by atoms with Crippen molar-refractivity contribution in [3.05, 3.63) is 95.0 Å². The lowest BCUT2D eigenvalue weighted by atomic mass is 9.87. The summed E-state index contributed by atoms with van der Waals surface area (Å²) in [6.07, 6.45) is 13.9. The number of hydrogen-bond donors (Lipinski definition) is 0. The summed E-state index contributed by atoms with van der Waals surface area (Å²) in [5.41, 5.74) is 2.30. The number of unbranched alkanes of at least 4 members (excludes halogenated alkanes) is 2. The lowest BCUT2D eigenvalue weighted by molar-refractivity contribution is -0.131. The van der Waals surface area contributed by atoms with Gasteiger partial charge in [-0.3, -0.25) is 14.6 Å². The number of hydrogen-bond acceptors (Lipinski definition) is 7. The van der Waals surface area contributed by atoms with Crippen LogP contribution >= 0.6 is 23.2 Å². The van der Waals surface area contributed by atoms with Crippen LogP contribution in [0, 0.1) is 11.8 Å². The molecule has 2 atom stereocenters. The second kappa shape index (κ2) is 25.2. The molecule has 2 saturated heterocycles. The summed E-state index contributed by atoms with van der Waals surface area (Å²) in [6, 6.07) is 15.7. The predicted octanol–water partition coefficient (Wildman–Crippen LogP) is 8.34. The van der Waals surface area contributed by atoms with Gasteiger partial charge in [-0.05, 0) is 165 Å². The van der Waals surface area contributed by atoms with Gasteiger partial charge in [-0.15, -0.1) is 13.2 Å². The molecule has 300 valence electrons. The molecule has 4 rings (SSSR count). The Kier molecular flexibility index (Phi) is 20.9. The maximum atomic E-state index is 15.1. The summed E-state index contributed by atoms with van der Waals surface area (Å²) < 4.78 is 12.3. The van der Waals surface area contributed by atoms with Gasteiger partial charge in [0.05, 0.1) is 12.1 Å². The summed E-state index contributed by atoms with van der Waals surface area (Å²) in [4.78, 5) is 24.6. The number of carbonyl (C=O) groups is 1. The third-order valence-corrected chi connectivity index (χ3v) is 11.8. The highest BCUT2D eigenvalue weighted by atomic mass is 35.5. The van der Waals surface area contributed by atoms with E-state index in [0.29, 0.717) is 30.5 Å². The van der Waals surface area contributed by atoms with Gasteiger partial charge in [0.2, 0.25) is 0 Å². The molecule has 0 aliphatic carbocycles. The number of likely N-dealkylation sites (N-methyl/N-ethyl adjacent to an activating group) is 2. The van der Waals surface area contributed by atoms with E-state index in [1.54, 1.807) is 0 Å². The average Bonchev–Trinajstić information content (AvgIpc) is 3.17.